The van der Waals surface area contributed by atoms with Crippen molar-refractivity contribution in [3.8, 4) is 0 Å². The van der Waals surface area contributed by atoms with Crippen molar-refractivity contribution in [3.05, 3.63) is 40.9 Å². The van der Waals surface area contributed by atoms with Crippen molar-refractivity contribution in [3.63, 3.8) is 0 Å². The van der Waals surface area contributed by atoms with E-state index < -0.39 is 0 Å². The lowest BCUT2D eigenvalue weighted by Crippen LogP contribution is -2.24. The maximum atomic E-state index is 11.7. The Morgan fingerprint density at radius 1 is 1.50 bits per heavy atom. The van der Waals surface area contributed by atoms with Crippen LogP contribution in [-0.2, 0) is 0 Å². The van der Waals surface area contributed by atoms with Crippen LogP contribution in [0.15, 0.2) is 30.4 Å². The van der Waals surface area contributed by atoms with Crippen molar-refractivity contribution in [1.82, 2.24) is 5.32 Å². The van der Waals surface area contributed by atoms with Crippen LogP contribution in [0.4, 0.5) is 5.69 Å². The Kier molecular flexibility index (Phi) is 4.86. The van der Waals surface area contributed by atoms with Crippen molar-refractivity contribution in [2.24, 2.45) is 0 Å². The lowest BCUT2D eigenvalue weighted by atomic mass is 10.2. The number of carbonyl (C=O) groups excluding carboxylic acids is 1. The van der Waals surface area contributed by atoms with Gasteiger partial charge in [0.25, 0.3) is 5.91 Å². The number of nitrogens with two attached hydrogens (primary N) is 1. The first kappa shape index (κ1) is 12.6. The monoisotopic (exact) mass is 238 g/mol. The van der Waals surface area contributed by atoms with Crippen LogP contribution in [0.1, 0.15) is 23.7 Å². The summed E-state index contributed by atoms with van der Waals surface area (Å²) in [4.78, 5) is 11.7. The summed E-state index contributed by atoms with van der Waals surface area (Å²) in [6.07, 6.45) is 4.76. The van der Waals surface area contributed by atoms with Gasteiger partial charge in [0.15, 0.2) is 0 Å². The fraction of sp³-hybridized carbons (Fsp3) is 0.250. The lowest BCUT2D eigenvalue weighted by Gasteiger charge is -2.05. The fourth-order valence-corrected chi connectivity index (χ4v) is 1.52. The first-order valence-electron chi connectivity index (χ1n) is 5.09. The molecule has 4 heteroatoms. The third-order valence-electron chi connectivity index (χ3n) is 2.01. The van der Waals surface area contributed by atoms with Gasteiger partial charge in [-0.2, -0.15) is 0 Å². The van der Waals surface area contributed by atoms with E-state index in [1.807, 2.05) is 19.1 Å². The second-order valence-electron chi connectivity index (χ2n) is 3.39. The highest BCUT2D eigenvalue weighted by Gasteiger charge is 2.06. The normalized spacial score (nSPS) is 10.6. The molecule has 0 aliphatic heterocycles. The SMILES string of the molecule is C/C=C/CCNC(=O)c1cc(N)cc(Cl)c1. The first-order valence-corrected chi connectivity index (χ1v) is 5.46. The van der Waals surface area contributed by atoms with Gasteiger partial charge in [0, 0.05) is 22.8 Å². The molecule has 1 aromatic rings. The molecule has 1 aromatic carbocycles. The Balaban J connectivity index is 2.59. The molecule has 0 radical (unpaired) electrons. The minimum Gasteiger partial charge on any atom is -0.399 e. The molecule has 0 aliphatic carbocycles. The Labute approximate surface area is 100 Å². The quantitative estimate of drug-likeness (QED) is 0.481. The molecule has 3 nitrogen and oxygen atoms in total. The van der Waals surface area contributed by atoms with E-state index in [0.29, 0.717) is 22.8 Å². The zero-order chi connectivity index (χ0) is 12.0. The number of rotatable bonds is 4. The summed E-state index contributed by atoms with van der Waals surface area (Å²) < 4.78 is 0. The van der Waals surface area contributed by atoms with Crippen LogP contribution in [0, 0.1) is 0 Å². The summed E-state index contributed by atoms with van der Waals surface area (Å²) >= 11 is 5.81. The number of nitrogen functional groups attached to an aromatic ring is 1. The van der Waals surface area contributed by atoms with Crippen molar-refractivity contribution in [2.45, 2.75) is 13.3 Å². The Hall–Kier alpha value is -1.48. The molecular formula is C12H15ClN2O. The second kappa shape index (κ2) is 6.18. The zero-order valence-electron chi connectivity index (χ0n) is 9.16. The number of hydrogen-bond acceptors (Lipinski definition) is 2. The average Bonchev–Trinajstić information content (AvgIpc) is 2.22. The largest absolute Gasteiger partial charge is 0.399 e. The van der Waals surface area contributed by atoms with Gasteiger partial charge in [-0.3, -0.25) is 4.79 Å². The van der Waals surface area contributed by atoms with E-state index in [9.17, 15) is 4.79 Å². The van der Waals surface area contributed by atoms with Crippen LogP contribution in [0.3, 0.4) is 0 Å². The molecule has 0 unspecified atom stereocenters. The summed E-state index contributed by atoms with van der Waals surface area (Å²) in [6.45, 7) is 2.55. The molecule has 0 aliphatic rings. The molecule has 0 bridgehead atoms. The molecule has 1 rings (SSSR count). The number of anilines is 1. The number of halogens is 1. The van der Waals surface area contributed by atoms with Gasteiger partial charge in [-0.15, -0.1) is 0 Å². The standard InChI is InChI=1S/C12H15ClN2O/c1-2-3-4-5-15-12(16)9-6-10(13)8-11(14)7-9/h2-3,6-8H,4-5,14H2,1H3,(H,15,16)/b3-2+. The maximum Gasteiger partial charge on any atom is 0.251 e. The lowest BCUT2D eigenvalue weighted by molar-refractivity contribution is 0.0954. The molecule has 0 aromatic heterocycles. The van der Waals surface area contributed by atoms with Gasteiger partial charge in [-0.05, 0) is 31.5 Å². The number of amides is 1. The van der Waals surface area contributed by atoms with E-state index in [2.05, 4.69) is 5.32 Å². The van der Waals surface area contributed by atoms with Gasteiger partial charge < -0.3 is 11.1 Å². The van der Waals surface area contributed by atoms with Gasteiger partial charge in [0.2, 0.25) is 0 Å². The number of carbonyl (C=O) groups is 1. The topological polar surface area (TPSA) is 55.1 Å². The Morgan fingerprint density at radius 2 is 2.25 bits per heavy atom. The van der Waals surface area contributed by atoms with Crippen molar-refractivity contribution in [2.75, 3.05) is 12.3 Å². The fourth-order valence-electron chi connectivity index (χ4n) is 1.28. The highest BCUT2D eigenvalue weighted by atomic mass is 35.5. The molecule has 3 N–H and O–H groups in total. The second-order valence-corrected chi connectivity index (χ2v) is 3.82. The smallest absolute Gasteiger partial charge is 0.251 e. The molecule has 0 spiro atoms. The van der Waals surface area contributed by atoms with Crippen molar-refractivity contribution < 1.29 is 4.79 Å². The summed E-state index contributed by atoms with van der Waals surface area (Å²) in [6, 6.07) is 4.82. The van der Waals surface area contributed by atoms with Gasteiger partial charge in [0.05, 0.1) is 0 Å². The number of hydrogen-bond donors (Lipinski definition) is 2. The molecule has 0 heterocycles. The van der Waals surface area contributed by atoms with Gasteiger partial charge >= 0.3 is 0 Å². The van der Waals surface area contributed by atoms with E-state index in [4.69, 9.17) is 17.3 Å². The zero-order valence-corrected chi connectivity index (χ0v) is 9.92. The van der Waals surface area contributed by atoms with Gasteiger partial charge in [-0.25, -0.2) is 0 Å². The molecule has 0 fully saturated rings. The first-order chi connectivity index (χ1) is 7.63. The van der Waals surface area contributed by atoms with Crippen LogP contribution >= 0.6 is 11.6 Å². The van der Waals surface area contributed by atoms with Crippen LogP contribution in [0.25, 0.3) is 0 Å². The van der Waals surface area contributed by atoms with E-state index in [0.717, 1.165) is 6.42 Å². The number of allylic oxidation sites excluding steroid dienone is 1. The summed E-state index contributed by atoms with van der Waals surface area (Å²) in [5.41, 5.74) is 6.58. The Morgan fingerprint density at radius 3 is 2.88 bits per heavy atom. The van der Waals surface area contributed by atoms with Gasteiger partial charge in [0.1, 0.15) is 0 Å². The average molecular weight is 239 g/mol. The molecule has 1 amide bonds. The molecule has 86 valence electrons. The predicted octanol–water partition coefficient (Wildman–Crippen LogP) is 2.62. The van der Waals surface area contributed by atoms with Crippen molar-refractivity contribution >= 4 is 23.2 Å². The highest BCUT2D eigenvalue weighted by Crippen LogP contribution is 2.16. The molecule has 16 heavy (non-hydrogen) atoms. The van der Waals surface area contributed by atoms with E-state index in [1.54, 1.807) is 18.2 Å². The predicted molar refractivity (Wildman–Crippen MR) is 67.6 cm³/mol. The van der Waals surface area contributed by atoms with Crippen LogP contribution < -0.4 is 11.1 Å². The Bertz CT molecular complexity index is 382. The summed E-state index contributed by atoms with van der Waals surface area (Å²) in [7, 11) is 0. The van der Waals surface area contributed by atoms with Crippen LogP contribution in [0.5, 0.6) is 0 Å². The minimum absolute atomic E-state index is 0.154. The third kappa shape index (κ3) is 3.95. The van der Waals surface area contributed by atoms with Crippen molar-refractivity contribution in [1.29, 1.82) is 0 Å². The molecule has 0 atom stereocenters. The van der Waals surface area contributed by atoms with E-state index >= 15 is 0 Å². The highest BCUT2D eigenvalue weighted by molar-refractivity contribution is 6.31. The number of nitrogens with one attached hydrogen (secondary N) is 1. The van der Waals surface area contributed by atoms with Crippen LogP contribution in [-0.4, -0.2) is 12.5 Å². The minimum atomic E-state index is -0.154. The van der Waals surface area contributed by atoms with Gasteiger partial charge in [-0.1, -0.05) is 23.8 Å². The molecule has 0 saturated carbocycles. The van der Waals surface area contributed by atoms with Crippen LogP contribution in [0.2, 0.25) is 5.02 Å². The third-order valence-corrected chi connectivity index (χ3v) is 2.23. The summed E-state index contributed by atoms with van der Waals surface area (Å²) in [5.74, 6) is -0.154. The van der Waals surface area contributed by atoms with E-state index in [-0.39, 0.29) is 5.91 Å². The molecular weight excluding hydrogens is 224 g/mol. The maximum absolute atomic E-state index is 11.7. The van der Waals surface area contributed by atoms with E-state index in [1.165, 1.54) is 0 Å². The number of benzene rings is 1. The molecule has 0 saturated heterocycles. The summed E-state index contributed by atoms with van der Waals surface area (Å²) in [5, 5.41) is 3.25.